The number of aromatic nitrogens is 1. The minimum atomic E-state index is -3.89. The van der Waals surface area contributed by atoms with E-state index < -0.39 is 57.8 Å². The molecule has 1 aromatic heterocycles. The third kappa shape index (κ3) is 10.8. The van der Waals surface area contributed by atoms with Crippen LogP contribution in [0.2, 0.25) is 0 Å². The van der Waals surface area contributed by atoms with Crippen molar-refractivity contribution < 1.29 is 28.2 Å². The second-order valence-corrected chi connectivity index (χ2v) is 16.9. The second kappa shape index (κ2) is 18.0. The molecule has 4 rings (SSSR count). The lowest BCUT2D eigenvalue weighted by molar-refractivity contribution is -0.152. The number of rotatable bonds is 17. The minimum Gasteiger partial charge on any atom is -0.390 e. The number of hydrogen-bond acceptors (Lipinski definition) is 9. The van der Waals surface area contributed by atoms with E-state index in [0.29, 0.717) is 44.7 Å². The number of benzene rings is 1. The van der Waals surface area contributed by atoms with Gasteiger partial charge < -0.3 is 25.7 Å². The van der Waals surface area contributed by atoms with Gasteiger partial charge in [0.1, 0.15) is 12.1 Å². The Morgan fingerprint density at radius 3 is 2.29 bits per heavy atom. The van der Waals surface area contributed by atoms with Crippen molar-refractivity contribution in [2.75, 3.05) is 39.0 Å². The fourth-order valence-electron chi connectivity index (χ4n) is 7.23. The largest absolute Gasteiger partial charge is 0.390 e. The van der Waals surface area contributed by atoms with Crippen molar-refractivity contribution in [1.82, 2.24) is 19.1 Å². The number of sulfonamides is 1. The molecule has 1 aromatic carbocycles. The van der Waals surface area contributed by atoms with Crippen LogP contribution in [0.3, 0.4) is 0 Å². The lowest BCUT2D eigenvalue weighted by atomic mass is 9.81. The van der Waals surface area contributed by atoms with E-state index in [1.807, 2.05) is 51.2 Å². The number of likely N-dealkylation sites (N-methyl/N-ethyl adjacent to an activating group) is 1. The Kier molecular flexibility index (Phi) is 14.4. The molecule has 11 nitrogen and oxygen atoms in total. The number of hydrogen-bond donors (Lipinski definition) is 3. The zero-order chi connectivity index (χ0) is 34.8. The van der Waals surface area contributed by atoms with Crippen LogP contribution in [0, 0.1) is 17.8 Å². The highest BCUT2D eigenvalue weighted by Gasteiger charge is 2.45. The van der Waals surface area contributed by atoms with Crippen LogP contribution in [0.4, 0.5) is 0 Å². The molecular formula is C35H55N5O6S2. The summed E-state index contributed by atoms with van der Waals surface area (Å²) in [6.07, 6.45) is 3.23. The lowest BCUT2D eigenvalue weighted by Crippen LogP contribution is -2.61. The van der Waals surface area contributed by atoms with Crippen LogP contribution < -0.4 is 5.73 Å². The first kappa shape index (κ1) is 38.4. The molecule has 1 saturated carbocycles. The summed E-state index contributed by atoms with van der Waals surface area (Å²) in [6, 6.07) is 7.08. The van der Waals surface area contributed by atoms with Gasteiger partial charge in [-0.1, -0.05) is 76.3 Å². The van der Waals surface area contributed by atoms with Crippen molar-refractivity contribution in [3.05, 3.63) is 52.5 Å². The van der Waals surface area contributed by atoms with E-state index in [1.54, 1.807) is 10.9 Å². The average Bonchev–Trinajstić information content (AvgIpc) is 3.57. The molecule has 268 valence electrons. The number of carbonyl (C=O) groups is 2. The van der Waals surface area contributed by atoms with Crippen LogP contribution in [0.5, 0.6) is 0 Å². The number of aliphatic hydroxyl groups is 2. The summed E-state index contributed by atoms with van der Waals surface area (Å²) in [5, 5.41) is 25.0. The molecule has 5 atom stereocenters. The zero-order valence-corrected chi connectivity index (χ0v) is 30.3. The highest BCUT2D eigenvalue weighted by atomic mass is 32.2. The zero-order valence-electron chi connectivity index (χ0n) is 28.7. The highest BCUT2D eigenvalue weighted by molar-refractivity contribution is 7.89. The van der Waals surface area contributed by atoms with Crippen LogP contribution in [-0.2, 0) is 32.5 Å². The normalized spacial score (nSPS) is 20.2. The van der Waals surface area contributed by atoms with Crippen LogP contribution in [0.1, 0.15) is 70.1 Å². The predicted octanol–water partition coefficient (Wildman–Crippen LogP) is 2.91. The summed E-state index contributed by atoms with van der Waals surface area (Å²) in [7, 11) is -1.94. The predicted molar refractivity (Wildman–Crippen MR) is 189 cm³/mol. The molecule has 0 bridgehead atoms. The molecule has 1 saturated heterocycles. The first-order valence-electron chi connectivity index (χ1n) is 17.4. The Morgan fingerprint density at radius 2 is 1.71 bits per heavy atom. The number of nitrogens with zero attached hydrogens (tertiary/aromatic N) is 4. The number of aliphatic hydroxyl groups excluding tert-OH is 2. The van der Waals surface area contributed by atoms with Gasteiger partial charge in [-0.05, 0) is 43.7 Å². The fraction of sp³-hybridized carbons (Fsp3) is 0.686. The summed E-state index contributed by atoms with van der Waals surface area (Å²) in [5.41, 5.74) is 9.09. The third-order valence-electron chi connectivity index (χ3n) is 9.90. The van der Waals surface area contributed by atoms with E-state index in [0.717, 1.165) is 37.7 Å². The quantitative estimate of drug-likeness (QED) is 0.227. The third-order valence-corrected chi connectivity index (χ3v) is 12.5. The van der Waals surface area contributed by atoms with Gasteiger partial charge in [0.15, 0.2) is 0 Å². The molecule has 1 aliphatic heterocycles. The summed E-state index contributed by atoms with van der Waals surface area (Å²) in [6.45, 7) is 5.72. The Morgan fingerprint density at radius 1 is 1.04 bits per heavy atom. The van der Waals surface area contributed by atoms with Gasteiger partial charge in [-0.15, -0.1) is 11.3 Å². The van der Waals surface area contributed by atoms with Gasteiger partial charge in [0.25, 0.3) is 0 Å². The maximum Gasteiger partial charge on any atom is 0.240 e. The molecule has 1 aliphatic carbocycles. The van der Waals surface area contributed by atoms with Gasteiger partial charge in [0.2, 0.25) is 21.8 Å². The van der Waals surface area contributed by atoms with Gasteiger partial charge in [0, 0.05) is 38.0 Å². The van der Waals surface area contributed by atoms with Crippen LogP contribution in [0.25, 0.3) is 0 Å². The molecule has 48 heavy (non-hydrogen) atoms. The number of amides is 2. The number of piperazine rings is 1. The van der Waals surface area contributed by atoms with E-state index >= 15 is 4.79 Å². The summed E-state index contributed by atoms with van der Waals surface area (Å²) in [5.74, 6) is -2.63. The SMILES string of the molecule is CC(C)C[C@H](O)[C@H](O)[C@H](CC1CCCCC1)N(C(=O)[C@H](Cc1ccccc1)CS(=O)(=O)N1CCN(C)CC1)[C@@H](Cc1cscn1)C(N)=O. The molecule has 2 aromatic rings. The van der Waals surface area contributed by atoms with E-state index in [-0.39, 0.29) is 24.7 Å². The van der Waals surface area contributed by atoms with Crippen molar-refractivity contribution in [3.63, 3.8) is 0 Å². The van der Waals surface area contributed by atoms with Gasteiger partial charge in [0.05, 0.1) is 35.0 Å². The molecule has 2 heterocycles. The van der Waals surface area contributed by atoms with Gasteiger partial charge in [-0.25, -0.2) is 13.4 Å². The topological polar surface area (TPSA) is 157 Å². The molecule has 0 radical (unpaired) electrons. The van der Waals surface area contributed by atoms with Gasteiger partial charge >= 0.3 is 0 Å². The number of carbonyl (C=O) groups excluding carboxylic acids is 2. The van der Waals surface area contributed by atoms with Crippen molar-refractivity contribution in [2.24, 2.45) is 23.5 Å². The monoisotopic (exact) mass is 705 g/mol. The minimum absolute atomic E-state index is 0.0159. The molecule has 13 heteroatoms. The maximum atomic E-state index is 15.2. The van der Waals surface area contributed by atoms with Crippen molar-refractivity contribution >= 4 is 33.2 Å². The summed E-state index contributed by atoms with van der Waals surface area (Å²) in [4.78, 5) is 36.4. The molecule has 2 fully saturated rings. The Bertz CT molecular complexity index is 1380. The van der Waals surface area contributed by atoms with E-state index in [9.17, 15) is 23.4 Å². The van der Waals surface area contributed by atoms with Gasteiger partial charge in [-0.2, -0.15) is 4.31 Å². The average molecular weight is 706 g/mol. The van der Waals surface area contributed by atoms with E-state index in [2.05, 4.69) is 9.88 Å². The molecular weight excluding hydrogens is 651 g/mol. The molecule has 2 aliphatic rings. The van der Waals surface area contributed by atoms with Gasteiger partial charge in [-0.3, -0.25) is 9.59 Å². The van der Waals surface area contributed by atoms with Crippen molar-refractivity contribution in [3.8, 4) is 0 Å². The van der Waals surface area contributed by atoms with Crippen molar-refractivity contribution in [2.45, 2.75) is 95.9 Å². The molecule has 0 unspecified atom stereocenters. The van der Waals surface area contributed by atoms with E-state index in [4.69, 9.17) is 5.73 Å². The Hall–Kier alpha value is -2.42. The lowest BCUT2D eigenvalue weighted by Gasteiger charge is -2.44. The van der Waals surface area contributed by atoms with Crippen LogP contribution >= 0.6 is 11.3 Å². The van der Waals surface area contributed by atoms with Crippen molar-refractivity contribution in [1.29, 1.82) is 0 Å². The summed E-state index contributed by atoms with van der Waals surface area (Å²) < 4.78 is 29.4. The molecule has 2 amide bonds. The van der Waals surface area contributed by atoms with E-state index in [1.165, 1.54) is 20.5 Å². The smallest absolute Gasteiger partial charge is 0.240 e. The maximum absolute atomic E-state index is 15.2. The van der Waals surface area contributed by atoms with Crippen LogP contribution in [0.15, 0.2) is 41.2 Å². The number of primary amides is 1. The standard InChI is InChI=1S/C35H55N5O6S2/c1-25(2)18-32(41)33(42)30(20-27-12-8-5-9-13-27)40(31(34(36)43)21-29-22-47-24-37-29)35(44)28(19-26-10-6-4-7-11-26)23-48(45,46)39-16-14-38(3)15-17-39/h4,6-7,10-11,22,24-25,27-28,30-33,41-42H,5,8-9,12-21,23H2,1-3H3,(H2,36,43)/t28-,30+,31+,32+,33-/m1/s1. The first-order chi connectivity index (χ1) is 22.9. The molecule has 4 N–H and O–H groups in total. The second-order valence-electron chi connectivity index (χ2n) is 14.2. The Balaban J connectivity index is 1.81. The fourth-order valence-corrected chi connectivity index (χ4v) is 9.50. The number of nitrogens with two attached hydrogens (primary N) is 1. The number of thiazole rings is 1. The highest BCUT2D eigenvalue weighted by Crippen LogP contribution is 2.33. The summed E-state index contributed by atoms with van der Waals surface area (Å²) >= 11 is 1.36. The first-order valence-corrected chi connectivity index (χ1v) is 20.0. The Labute approximate surface area is 290 Å². The molecule has 0 spiro atoms. The van der Waals surface area contributed by atoms with Crippen LogP contribution in [-0.4, -0.2) is 113 Å².